The van der Waals surface area contributed by atoms with Crippen molar-refractivity contribution in [1.29, 1.82) is 0 Å². The van der Waals surface area contributed by atoms with Crippen molar-refractivity contribution in [2.45, 2.75) is 18.9 Å². The molecule has 2 aromatic rings. The van der Waals surface area contributed by atoms with Gasteiger partial charge in [-0.2, -0.15) is 0 Å². The van der Waals surface area contributed by atoms with Crippen LogP contribution in [0.2, 0.25) is 0 Å². The molecule has 4 nitrogen and oxygen atoms in total. The topological polar surface area (TPSA) is 54.7 Å². The summed E-state index contributed by atoms with van der Waals surface area (Å²) in [4.78, 5) is 9.64. The van der Waals surface area contributed by atoms with E-state index in [0.29, 0.717) is 4.62 Å². The lowest BCUT2D eigenvalue weighted by molar-refractivity contribution is -0.0646. The van der Waals surface area contributed by atoms with Crippen LogP contribution in [0.15, 0.2) is 35.6 Å². The summed E-state index contributed by atoms with van der Waals surface area (Å²) in [5.41, 5.74) is -0.244. The predicted molar refractivity (Wildman–Crippen MR) is 85.2 cm³/mol. The summed E-state index contributed by atoms with van der Waals surface area (Å²) in [5.74, 6) is -1.41. The highest BCUT2D eigenvalue weighted by Crippen LogP contribution is 2.41. The van der Waals surface area contributed by atoms with Crippen LogP contribution in [0.1, 0.15) is 17.7 Å². The van der Waals surface area contributed by atoms with E-state index < -0.39 is 23.8 Å². The van der Waals surface area contributed by atoms with Gasteiger partial charge in [0, 0.05) is 11.8 Å². The fourth-order valence-corrected chi connectivity index (χ4v) is 3.13. The zero-order valence-corrected chi connectivity index (χ0v) is 13.8. The molecule has 7 heteroatoms. The summed E-state index contributed by atoms with van der Waals surface area (Å²) >= 11 is 3.21. The van der Waals surface area contributed by atoms with Gasteiger partial charge >= 0.3 is 0 Å². The molecule has 0 fully saturated rings. The van der Waals surface area contributed by atoms with Crippen LogP contribution in [0.4, 0.5) is 8.78 Å². The predicted octanol–water partition coefficient (Wildman–Crippen LogP) is 3.65. The number of hydrogen-bond acceptors (Lipinski definition) is 4. The standard InChI is InChI=1S/C16H13BrF2N2O2/c1-9-5-10(14-11(18)3-2-4-12(14)19)15(20-7-9)16(8-22)6-13(17)21-23-16/h2-5,7,22H,6,8H2,1H3. The molecule has 1 atom stereocenters. The first-order valence-electron chi connectivity index (χ1n) is 6.90. The third kappa shape index (κ3) is 2.74. The molecule has 0 spiro atoms. The van der Waals surface area contributed by atoms with E-state index in [-0.39, 0.29) is 23.2 Å². The lowest BCUT2D eigenvalue weighted by atomic mass is 9.89. The van der Waals surface area contributed by atoms with Crippen molar-refractivity contribution in [1.82, 2.24) is 4.98 Å². The van der Waals surface area contributed by atoms with E-state index in [1.54, 1.807) is 19.2 Å². The smallest absolute Gasteiger partial charge is 0.208 e. The summed E-state index contributed by atoms with van der Waals surface area (Å²) in [6.07, 6.45) is 1.78. The van der Waals surface area contributed by atoms with Crippen LogP contribution in [0, 0.1) is 18.6 Å². The van der Waals surface area contributed by atoms with E-state index in [1.807, 2.05) is 0 Å². The molecule has 1 aromatic carbocycles. The molecule has 0 saturated carbocycles. The Morgan fingerprint density at radius 1 is 1.35 bits per heavy atom. The van der Waals surface area contributed by atoms with Gasteiger partial charge in [-0.05, 0) is 46.6 Å². The molecule has 1 aliphatic heterocycles. The van der Waals surface area contributed by atoms with Crippen molar-refractivity contribution in [3.05, 3.63) is 53.4 Å². The molecule has 120 valence electrons. The van der Waals surface area contributed by atoms with Gasteiger partial charge in [-0.25, -0.2) is 8.78 Å². The van der Waals surface area contributed by atoms with E-state index in [9.17, 15) is 13.9 Å². The van der Waals surface area contributed by atoms with Gasteiger partial charge in [-0.1, -0.05) is 11.2 Å². The van der Waals surface area contributed by atoms with E-state index in [2.05, 4.69) is 26.1 Å². The molecular formula is C16H13BrF2N2O2. The second kappa shape index (κ2) is 5.98. The first-order chi connectivity index (χ1) is 11.0. The van der Waals surface area contributed by atoms with Gasteiger partial charge in [0.1, 0.15) is 16.3 Å². The van der Waals surface area contributed by atoms with E-state index in [4.69, 9.17) is 4.84 Å². The number of benzene rings is 1. The highest BCUT2D eigenvalue weighted by Gasteiger charge is 2.43. The van der Waals surface area contributed by atoms with Gasteiger partial charge in [0.05, 0.1) is 24.3 Å². The van der Waals surface area contributed by atoms with Crippen molar-refractivity contribution in [2.24, 2.45) is 5.16 Å². The molecule has 3 rings (SSSR count). The lowest BCUT2D eigenvalue weighted by Crippen LogP contribution is -2.32. The number of rotatable bonds is 3. The molecule has 0 bridgehead atoms. The average molecular weight is 383 g/mol. The summed E-state index contributed by atoms with van der Waals surface area (Å²) in [6.45, 7) is 1.34. The number of oxime groups is 1. The number of aliphatic hydroxyl groups is 1. The maximum atomic E-state index is 14.2. The summed E-state index contributed by atoms with van der Waals surface area (Å²) < 4.78 is 29.0. The molecule has 0 radical (unpaired) electrons. The van der Waals surface area contributed by atoms with Crippen LogP contribution in [0.3, 0.4) is 0 Å². The Labute approximate surface area is 139 Å². The Bertz CT molecular complexity index is 777. The minimum Gasteiger partial charge on any atom is -0.392 e. The molecule has 1 aromatic heterocycles. The number of hydrogen-bond donors (Lipinski definition) is 1. The first kappa shape index (κ1) is 16.0. The zero-order chi connectivity index (χ0) is 16.6. The van der Waals surface area contributed by atoms with E-state index in [1.165, 1.54) is 18.2 Å². The summed E-state index contributed by atoms with van der Waals surface area (Å²) in [5, 5.41) is 13.6. The Hall–Kier alpha value is -1.86. The monoisotopic (exact) mass is 382 g/mol. The largest absolute Gasteiger partial charge is 0.392 e. The Morgan fingerprint density at radius 2 is 2.04 bits per heavy atom. The minimum atomic E-state index is -1.27. The number of pyridine rings is 1. The van der Waals surface area contributed by atoms with Crippen LogP contribution in [0.5, 0.6) is 0 Å². The molecular weight excluding hydrogens is 370 g/mol. The highest BCUT2D eigenvalue weighted by molar-refractivity contribution is 9.18. The van der Waals surface area contributed by atoms with Crippen LogP contribution in [-0.2, 0) is 10.4 Å². The SMILES string of the molecule is Cc1cnc(C2(CO)CC(Br)=NO2)c(-c2c(F)cccc2F)c1. The molecule has 1 unspecified atom stereocenters. The van der Waals surface area contributed by atoms with Crippen LogP contribution in [-0.4, -0.2) is 21.3 Å². The van der Waals surface area contributed by atoms with Crippen LogP contribution < -0.4 is 0 Å². The maximum absolute atomic E-state index is 14.2. The zero-order valence-electron chi connectivity index (χ0n) is 12.2. The number of halogens is 3. The number of aryl methyl sites for hydroxylation is 1. The normalized spacial score (nSPS) is 20.3. The Kier molecular flexibility index (Phi) is 4.16. The van der Waals surface area contributed by atoms with Crippen LogP contribution in [0.25, 0.3) is 11.1 Å². The van der Waals surface area contributed by atoms with Crippen LogP contribution >= 0.6 is 15.9 Å². The quantitative estimate of drug-likeness (QED) is 0.881. The molecule has 0 amide bonds. The minimum absolute atomic E-state index is 0.196. The number of aliphatic hydroxyl groups excluding tert-OH is 1. The highest BCUT2D eigenvalue weighted by atomic mass is 79.9. The summed E-state index contributed by atoms with van der Waals surface area (Å²) in [7, 11) is 0. The second-order valence-corrected chi connectivity index (χ2v) is 6.31. The molecule has 0 aliphatic carbocycles. The molecule has 1 N–H and O–H groups in total. The van der Waals surface area contributed by atoms with Crippen molar-refractivity contribution in [3.8, 4) is 11.1 Å². The van der Waals surface area contributed by atoms with Gasteiger partial charge in [-0.15, -0.1) is 0 Å². The van der Waals surface area contributed by atoms with Gasteiger partial charge in [0.15, 0.2) is 0 Å². The van der Waals surface area contributed by atoms with Gasteiger partial charge in [0.2, 0.25) is 5.60 Å². The fraction of sp³-hybridized carbons (Fsp3) is 0.250. The molecule has 0 saturated heterocycles. The number of aromatic nitrogens is 1. The first-order valence-corrected chi connectivity index (χ1v) is 7.69. The van der Waals surface area contributed by atoms with Gasteiger partial charge in [0.25, 0.3) is 0 Å². The van der Waals surface area contributed by atoms with Gasteiger partial charge in [-0.3, -0.25) is 4.98 Å². The van der Waals surface area contributed by atoms with E-state index in [0.717, 1.165) is 5.56 Å². The summed E-state index contributed by atoms with van der Waals surface area (Å²) in [6, 6.07) is 5.28. The molecule has 23 heavy (non-hydrogen) atoms. The van der Waals surface area contributed by atoms with Crippen molar-refractivity contribution < 1.29 is 18.7 Å². The lowest BCUT2D eigenvalue weighted by Gasteiger charge is -2.26. The van der Waals surface area contributed by atoms with Crippen molar-refractivity contribution in [2.75, 3.05) is 6.61 Å². The van der Waals surface area contributed by atoms with E-state index >= 15 is 0 Å². The third-order valence-corrected chi connectivity index (χ3v) is 4.12. The third-order valence-electron chi connectivity index (χ3n) is 3.69. The number of nitrogens with zero attached hydrogens (tertiary/aromatic N) is 2. The fourth-order valence-electron chi connectivity index (χ4n) is 2.60. The Morgan fingerprint density at radius 3 is 2.61 bits per heavy atom. The Balaban J connectivity index is 2.24. The maximum Gasteiger partial charge on any atom is 0.208 e. The average Bonchev–Trinajstić information content (AvgIpc) is 2.90. The van der Waals surface area contributed by atoms with Crippen molar-refractivity contribution in [3.63, 3.8) is 0 Å². The molecule has 2 heterocycles. The van der Waals surface area contributed by atoms with Gasteiger partial charge < -0.3 is 9.94 Å². The second-order valence-electron chi connectivity index (χ2n) is 5.39. The molecule has 1 aliphatic rings. The van der Waals surface area contributed by atoms with Crippen molar-refractivity contribution >= 4 is 20.6 Å².